The number of halogens is 1. The molecule has 28 heavy (non-hydrogen) atoms. The zero-order valence-electron chi connectivity index (χ0n) is 15.9. The summed E-state index contributed by atoms with van der Waals surface area (Å²) >= 11 is 0. The molecule has 0 saturated carbocycles. The van der Waals surface area contributed by atoms with Gasteiger partial charge in [-0.05, 0) is 35.4 Å². The van der Waals surface area contributed by atoms with Crippen molar-refractivity contribution >= 4 is 29.9 Å². The van der Waals surface area contributed by atoms with E-state index in [9.17, 15) is 0 Å². The van der Waals surface area contributed by atoms with Crippen LogP contribution in [0.2, 0.25) is 0 Å². The smallest absolute Gasteiger partial charge is 0.191 e. The van der Waals surface area contributed by atoms with E-state index in [1.807, 2.05) is 54.6 Å². The van der Waals surface area contributed by atoms with Crippen LogP contribution < -0.4 is 15.4 Å². The first-order valence-corrected chi connectivity index (χ1v) is 9.05. The quantitative estimate of drug-likeness (QED) is 0.279. The van der Waals surface area contributed by atoms with Crippen molar-refractivity contribution < 1.29 is 9.15 Å². The molecule has 1 aromatic heterocycles. The fourth-order valence-electron chi connectivity index (χ4n) is 2.66. The van der Waals surface area contributed by atoms with Gasteiger partial charge in [-0.1, -0.05) is 42.5 Å². The van der Waals surface area contributed by atoms with E-state index in [0.29, 0.717) is 13.1 Å². The van der Waals surface area contributed by atoms with Crippen LogP contribution in [0, 0.1) is 0 Å². The first-order chi connectivity index (χ1) is 13.3. The number of furan rings is 1. The predicted molar refractivity (Wildman–Crippen MR) is 123 cm³/mol. The second-order valence-corrected chi connectivity index (χ2v) is 6.11. The second kappa shape index (κ2) is 12.1. The summed E-state index contributed by atoms with van der Waals surface area (Å²) in [6.07, 6.45) is 2.50. The van der Waals surface area contributed by atoms with Crippen molar-refractivity contribution in [3.63, 3.8) is 0 Å². The highest BCUT2D eigenvalue weighted by molar-refractivity contribution is 14.0. The standard InChI is InChI=1S/C22H25N3O2.HI/c1-26-21-10-5-9-19(15-21)17-25-22(23-13-12-20-11-6-14-27-20)24-16-18-7-3-2-4-8-18;/h2-11,14-15H,12-13,16-17H2,1H3,(H2,23,24,25);1H. The van der Waals surface area contributed by atoms with E-state index in [0.717, 1.165) is 36.0 Å². The molecule has 0 amide bonds. The molecule has 0 fully saturated rings. The van der Waals surface area contributed by atoms with Gasteiger partial charge in [0.2, 0.25) is 0 Å². The maximum atomic E-state index is 5.39. The van der Waals surface area contributed by atoms with Crippen molar-refractivity contribution in [3.8, 4) is 5.75 Å². The number of rotatable bonds is 8. The molecule has 0 saturated heterocycles. The van der Waals surface area contributed by atoms with Crippen LogP contribution in [0.25, 0.3) is 0 Å². The highest BCUT2D eigenvalue weighted by Crippen LogP contribution is 2.13. The van der Waals surface area contributed by atoms with Gasteiger partial charge in [-0.3, -0.25) is 0 Å². The van der Waals surface area contributed by atoms with Crippen molar-refractivity contribution in [2.45, 2.75) is 19.5 Å². The average molecular weight is 491 g/mol. The third-order valence-corrected chi connectivity index (χ3v) is 4.10. The molecular weight excluding hydrogens is 465 g/mol. The van der Waals surface area contributed by atoms with Crippen LogP contribution in [0.1, 0.15) is 16.9 Å². The van der Waals surface area contributed by atoms with E-state index in [1.165, 1.54) is 5.56 Å². The Morgan fingerprint density at radius 3 is 2.54 bits per heavy atom. The van der Waals surface area contributed by atoms with Gasteiger partial charge in [-0.25, -0.2) is 4.99 Å². The van der Waals surface area contributed by atoms with Gasteiger partial charge in [-0.2, -0.15) is 0 Å². The summed E-state index contributed by atoms with van der Waals surface area (Å²) in [6, 6.07) is 22.1. The highest BCUT2D eigenvalue weighted by atomic mass is 127. The van der Waals surface area contributed by atoms with Crippen molar-refractivity contribution in [2.75, 3.05) is 13.7 Å². The number of aliphatic imine (C=N–C) groups is 1. The Kier molecular flexibility index (Phi) is 9.41. The number of ether oxygens (including phenoxy) is 1. The molecule has 6 heteroatoms. The largest absolute Gasteiger partial charge is 0.497 e. The third-order valence-electron chi connectivity index (χ3n) is 4.10. The molecule has 0 radical (unpaired) electrons. The Balaban J connectivity index is 0.00000280. The summed E-state index contributed by atoms with van der Waals surface area (Å²) in [6.45, 7) is 2.03. The molecule has 2 N–H and O–H groups in total. The lowest BCUT2D eigenvalue weighted by Crippen LogP contribution is -2.38. The number of nitrogens with one attached hydrogen (secondary N) is 2. The molecular formula is C22H26IN3O2. The molecule has 1 heterocycles. The van der Waals surface area contributed by atoms with E-state index >= 15 is 0 Å². The van der Waals surface area contributed by atoms with E-state index in [-0.39, 0.29) is 24.0 Å². The van der Waals surface area contributed by atoms with Crippen LogP contribution in [0.4, 0.5) is 0 Å². The zero-order valence-corrected chi connectivity index (χ0v) is 18.3. The average Bonchev–Trinajstić information content (AvgIpc) is 3.24. The Hall–Kier alpha value is -2.48. The van der Waals surface area contributed by atoms with E-state index in [4.69, 9.17) is 14.1 Å². The van der Waals surface area contributed by atoms with Crippen molar-refractivity contribution in [2.24, 2.45) is 4.99 Å². The molecule has 0 unspecified atom stereocenters. The van der Waals surface area contributed by atoms with Gasteiger partial charge >= 0.3 is 0 Å². The van der Waals surface area contributed by atoms with Crippen LogP contribution in [0.5, 0.6) is 5.75 Å². The van der Waals surface area contributed by atoms with Crippen molar-refractivity contribution in [1.29, 1.82) is 0 Å². The monoisotopic (exact) mass is 491 g/mol. The van der Waals surface area contributed by atoms with Gasteiger partial charge in [-0.15, -0.1) is 24.0 Å². The SMILES string of the molecule is COc1cccc(CN=C(NCCc2ccco2)NCc2ccccc2)c1.I. The minimum Gasteiger partial charge on any atom is -0.497 e. The second-order valence-electron chi connectivity index (χ2n) is 6.11. The van der Waals surface area contributed by atoms with Gasteiger partial charge in [0.15, 0.2) is 5.96 Å². The maximum Gasteiger partial charge on any atom is 0.191 e. The zero-order chi connectivity index (χ0) is 18.7. The Morgan fingerprint density at radius 1 is 0.964 bits per heavy atom. The molecule has 0 aliphatic rings. The van der Waals surface area contributed by atoms with Crippen LogP contribution in [0.3, 0.4) is 0 Å². The number of hydrogen-bond acceptors (Lipinski definition) is 3. The summed E-state index contributed by atoms with van der Waals surface area (Å²) in [4.78, 5) is 4.71. The summed E-state index contributed by atoms with van der Waals surface area (Å²) < 4.78 is 10.7. The fourth-order valence-corrected chi connectivity index (χ4v) is 2.66. The number of guanidine groups is 1. The Labute approximate surface area is 183 Å². The minimum atomic E-state index is 0. The number of nitrogens with zero attached hydrogens (tertiary/aromatic N) is 1. The van der Waals surface area contributed by atoms with E-state index in [1.54, 1.807) is 13.4 Å². The fraction of sp³-hybridized carbons (Fsp3) is 0.227. The molecule has 2 aromatic carbocycles. The summed E-state index contributed by atoms with van der Waals surface area (Å²) in [5.41, 5.74) is 2.31. The van der Waals surface area contributed by atoms with Crippen LogP contribution >= 0.6 is 24.0 Å². The topological polar surface area (TPSA) is 58.8 Å². The first kappa shape index (κ1) is 21.8. The summed E-state index contributed by atoms with van der Waals surface area (Å²) in [5, 5.41) is 6.77. The molecule has 0 aliphatic heterocycles. The lowest BCUT2D eigenvalue weighted by Gasteiger charge is -2.13. The van der Waals surface area contributed by atoms with E-state index < -0.39 is 0 Å². The highest BCUT2D eigenvalue weighted by Gasteiger charge is 2.02. The van der Waals surface area contributed by atoms with Gasteiger partial charge in [0.05, 0.1) is 19.9 Å². The van der Waals surface area contributed by atoms with Gasteiger partial charge in [0.25, 0.3) is 0 Å². The molecule has 5 nitrogen and oxygen atoms in total. The molecule has 148 valence electrons. The van der Waals surface area contributed by atoms with Gasteiger partial charge < -0.3 is 19.8 Å². The van der Waals surface area contributed by atoms with Crippen LogP contribution in [-0.2, 0) is 19.5 Å². The molecule has 0 bridgehead atoms. The molecule has 3 aromatic rings. The third kappa shape index (κ3) is 7.26. The molecule has 0 spiro atoms. The summed E-state index contributed by atoms with van der Waals surface area (Å²) in [5.74, 6) is 2.57. The van der Waals surface area contributed by atoms with Crippen LogP contribution in [0.15, 0.2) is 82.4 Å². The number of benzene rings is 2. The normalized spacial score (nSPS) is 10.8. The predicted octanol–water partition coefficient (Wildman–Crippen LogP) is 4.38. The Morgan fingerprint density at radius 2 is 1.79 bits per heavy atom. The van der Waals surface area contributed by atoms with Crippen molar-refractivity contribution in [3.05, 3.63) is 89.9 Å². The van der Waals surface area contributed by atoms with Gasteiger partial charge in [0.1, 0.15) is 11.5 Å². The van der Waals surface area contributed by atoms with E-state index in [2.05, 4.69) is 22.8 Å². The van der Waals surface area contributed by atoms with Crippen molar-refractivity contribution in [1.82, 2.24) is 10.6 Å². The lowest BCUT2D eigenvalue weighted by molar-refractivity contribution is 0.414. The molecule has 0 atom stereocenters. The molecule has 0 aliphatic carbocycles. The molecule has 3 rings (SSSR count). The maximum absolute atomic E-state index is 5.39. The minimum absolute atomic E-state index is 0. The van der Waals surface area contributed by atoms with Gasteiger partial charge in [0, 0.05) is 19.5 Å². The first-order valence-electron chi connectivity index (χ1n) is 9.05. The summed E-state index contributed by atoms with van der Waals surface area (Å²) in [7, 11) is 1.67. The lowest BCUT2D eigenvalue weighted by atomic mass is 10.2. The number of methoxy groups -OCH3 is 1. The number of hydrogen-bond donors (Lipinski definition) is 2. The van der Waals surface area contributed by atoms with Crippen LogP contribution in [-0.4, -0.2) is 19.6 Å². The Bertz CT molecular complexity index is 836.